The first-order valence-electron chi connectivity index (χ1n) is 8.40. The average Bonchev–Trinajstić information content (AvgIpc) is 3.20. The van der Waals surface area contributed by atoms with Gasteiger partial charge in [-0.15, -0.1) is 0 Å². The van der Waals surface area contributed by atoms with E-state index in [-0.39, 0.29) is 17.9 Å². The Morgan fingerprint density at radius 2 is 1.65 bits per heavy atom. The summed E-state index contributed by atoms with van der Waals surface area (Å²) in [7, 11) is 0. The molecule has 0 spiro atoms. The van der Waals surface area contributed by atoms with Crippen molar-refractivity contribution in [3.8, 4) is 0 Å². The maximum absolute atomic E-state index is 12.5. The zero-order valence-corrected chi connectivity index (χ0v) is 14.4. The van der Waals surface area contributed by atoms with Crippen molar-refractivity contribution >= 4 is 11.8 Å². The third-order valence-electron chi connectivity index (χ3n) is 4.04. The van der Waals surface area contributed by atoms with Gasteiger partial charge in [-0.3, -0.25) is 9.59 Å². The van der Waals surface area contributed by atoms with E-state index in [2.05, 4.69) is 10.6 Å². The molecule has 0 aliphatic rings. The molecule has 1 atom stereocenters. The highest BCUT2D eigenvalue weighted by molar-refractivity contribution is 5.99. The fourth-order valence-corrected chi connectivity index (χ4v) is 2.59. The molecule has 0 radical (unpaired) electrons. The molecule has 5 heteroatoms. The third-order valence-corrected chi connectivity index (χ3v) is 4.04. The third kappa shape index (κ3) is 4.39. The molecule has 2 N–H and O–H groups in total. The SMILES string of the molecule is CC(NC(=O)c1cccc(C(=O)NCc2ccco2)c1)c1ccccc1. The summed E-state index contributed by atoms with van der Waals surface area (Å²) in [6, 6.07) is 19.8. The number of furan rings is 1. The molecule has 0 fully saturated rings. The fraction of sp³-hybridized carbons (Fsp3) is 0.143. The number of amides is 2. The van der Waals surface area contributed by atoms with Crippen molar-refractivity contribution in [2.24, 2.45) is 0 Å². The van der Waals surface area contributed by atoms with Gasteiger partial charge in [0, 0.05) is 11.1 Å². The van der Waals surface area contributed by atoms with Gasteiger partial charge in [0.15, 0.2) is 0 Å². The van der Waals surface area contributed by atoms with Gasteiger partial charge in [-0.25, -0.2) is 0 Å². The number of carbonyl (C=O) groups excluding carboxylic acids is 2. The van der Waals surface area contributed by atoms with Crippen LogP contribution in [0.2, 0.25) is 0 Å². The van der Waals surface area contributed by atoms with Crippen LogP contribution >= 0.6 is 0 Å². The second kappa shape index (κ2) is 8.16. The topological polar surface area (TPSA) is 71.3 Å². The van der Waals surface area contributed by atoms with Crippen molar-refractivity contribution in [3.05, 3.63) is 95.4 Å². The van der Waals surface area contributed by atoms with Gasteiger partial charge in [0.2, 0.25) is 0 Å². The first-order valence-corrected chi connectivity index (χ1v) is 8.40. The van der Waals surface area contributed by atoms with Gasteiger partial charge < -0.3 is 15.1 Å². The standard InChI is InChI=1S/C21H20N2O3/c1-15(16-7-3-2-4-8-16)23-21(25)18-10-5-9-17(13-18)20(24)22-14-19-11-6-12-26-19/h2-13,15H,14H2,1H3,(H,22,24)(H,23,25). The highest BCUT2D eigenvalue weighted by atomic mass is 16.3. The van der Waals surface area contributed by atoms with E-state index in [1.54, 1.807) is 42.7 Å². The minimum Gasteiger partial charge on any atom is -0.467 e. The lowest BCUT2D eigenvalue weighted by Gasteiger charge is -2.14. The zero-order valence-electron chi connectivity index (χ0n) is 14.4. The highest BCUT2D eigenvalue weighted by Crippen LogP contribution is 2.13. The van der Waals surface area contributed by atoms with Crippen LogP contribution in [0.5, 0.6) is 0 Å². The molecular formula is C21H20N2O3. The lowest BCUT2D eigenvalue weighted by molar-refractivity contribution is 0.0940. The number of rotatable bonds is 6. The molecule has 0 aliphatic heterocycles. The Bertz CT molecular complexity index is 873. The van der Waals surface area contributed by atoms with Gasteiger partial charge in [-0.1, -0.05) is 36.4 Å². The molecule has 0 saturated heterocycles. The van der Waals surface area contributed by atoms with Gasteiger partial charge >= 0.3 is 0 Å². The summed E-state index contributed by atoms with van der Waals surface area (Å²) in [5.74, 6) is 0.193. The number of hydrogen-bond donors (Lipinski definition) is 2. The second-order valence-corrected chi connectivity index (χ2v) is 5.95. The van der Waals surface area contributed by atoms with Crippen molar-refractivity contribution in [2.45, 2.75) is 19.5 Å². The van der Waals surface area contributed by atoms with Crippen LogP contribution in [0.3, 0.4) is 0 Å². The van der Waals surface area contributed by atoms with Crippen molar-refractivity contribution in [1.29, 1.82) is 0 Å². The molecule has 1 aromatic heterocycles. The Labute approximate surface area is 152 Å². The van der Waals surface area contributed by atoms with E-state index in [4.69, 9.17) is 4.42 Å². The highest BCUT2D eigenvalue weighted by Gasteiger charge is 2.13. The average molecular weight is 348 g/mol. The fourth-order valence-electron chi connectivity index (χ4n) is 2.59. The van der Waals surface area contributed by atoms with Crippen LogP contribution in [0.15, 0.2) is 77.4 Å². The van der Waals surface area contributed by atoms with Crippen molar-refractivity contribution in [2.75, 3.05) is 0 Å². The first-order chi connectivity index (χ1) is 12.6. The summed E-state index contributed by atoms with van der Waals surface area (Å²) in [5.41, 5.74) is 1.89. The lowest BCUT2D eigenvalue weighted by atomic mass is 10.1. The van der Waals surface area contributed by atoms with Crippen LogP contribution < -0.4 is 10.6 Å². The molecule has 5 nitrogen and oxygen atoms in total. The van der Waals surface area contributed by atoms with Gasteiger partial charge in [0.1, 0.15) is 5.76 Å². The van der Waals surface area contributed by atoms with Gasteiger partial charge in [0.05, 0.1) is 18.8 Å². The monoisotopic (exact) mass is 348 g/mol. The maximum atomic E-state index is 12.5. The second-order valence-electron chi connectivity index (χ2n) is 5.95. The largest absolute Gasteiger partial charge is 0.467 e. The molecule has 1 heterocycles. The van der Waals surface area contributed by atoms with E-state index in [9.17, 15) is 9.59 Å². The molecule has 0 aliphatic carbocycles. The van der Waals surface area contributed by atoms with Crippen molar-refractivity contribution < 1.29 is 14.0 Å². The number of hydrogen-bond acceptors (Lipinski definition) is 3. The number of carbonyl (C=O) groups is 2. The molecule has 2 aromatic carbocycles. The zero-order chi connectivity index (χ0) is 18.4. The molecule has 132 valence electrons. The Morgan fingerprint density at radius 3 is 2.35 bits per heavy atom. The molecule has 3 aromatic rings. The van der Waals surface area contributed by atoms with Crippen LogP contribution in [0, 0.1) is 0 Å². The summed E-state index contributed by atoms with van der Waals surface area (Å²) in [4.78, 5) is 24.8. The normalized spacial score (nSPS) is 11.6. The summed E-state index contributed by atoms with van der Waals surface area (Å²) in [5, 5.41) is 5.72. The van der Waals surface area contributed by atoms with Crippen LogP contribution in [-0.4, -0.2) is 11.8 Å². The summed E-state index contributed by atoms with van der Waals surface area (Å²) >= 11 is 0. The molecule has 3 rings (SSSR count). The molecule has 1 unspecified atom stereocenters. The summed E-state index contributed by atoms with van der Waals surface area (Å²) in [6.07, 6.45) is 1.56. The van der Waals surface area contributed by atoms with E-state index in [1.807, 2.05) is 37.3 Å². The van der Waals surface area contributed by atoms with E-state index in [1.165, 1.54) is 0 Å². The Morgan fingerprint density at radius 1 is 0.923 bits per heavy atom. The van der Waals surface area contributed by atoms with E-state index in [0.29, 0.717) is 23.4 Å². The first kappa shape index (κ1) is 17.5. The minimum absolute atomic E-state index is 0.125. The van der Waals surface area contributed by atoms with E-state index >= 15 is 0 Å². The van der Waals surface area contributed by atoms with Gasteiger partial charge in [-0.05, 0) is 42.8 Å². The smallest absolute Gasteiger partial charge is 0.251 e. The Balaban J connectivity index is 1.64. The number of nitrogens with one attached hydrogen (secondary N) is 2. The summed E-state index contributed by atoms with van der Waals surface area (Å²) in [6.45, 7) is 2.22. The van der Waals surface area contributed by atoms with E-state index < -0.39 is 0 Å². The maximum Gasteiger partial charge on any atom is 0.251 e. The van der Waals surface area contributed by atoms with Crippen molar-refractivity contribution in [3.63, 3.8) is 0 Å². The Hall–Kier alpha value is -3.34. The molecule has 2 amide bonds. The van der Waals surface area contributed by atoms with Crippen LogP contribution in [-0.2, 0) is 6.54 Å². The predicted molar refractivity (Wildman–Crippen MR) is 98.6 cm³/mol. The van der Waals surface area contributed by atoms with Crippen LogP contribution in [0.1, 0.15) is 45.0 Å². The molecule has 0 saturated carbocycles. The number of benzene rings is 2. The summed E-state index contributed by atoms with van der Waals surface area (Å²) < 4.78 is 5.19. The quantitative estimate of drug-likeness (QED) is 0.713. The van der Waals surface area contributed by atoms with Gasteiger partial charge in [-0.2, -0.15) is 0 Å². The van der Waals surface area contributed by atoms with Crippen LogP contribution in [0.25, 0.3) is 0 Å². The lowest BCUT2D eigenvalue weighted by Crippen LogP contribution is -2.27. The van der Waals surface area contributed by atoms with E-state index in [0.717, 1.165) is 5.56 Å². The Kier molecular flexibility index (Phi) is 5.49. The minimum atomic E-state index is -0.257. The van der Waals surface area contributed by atoms with Crippen LogP contribution in [0.4, 0.5) is 0 Å². The van der Waals surface area contributed by atoms with Gasteiger partial charge in [0.25, 0.3) is 11.8 Å². The molecule has 26 heavy (non-hydrogen) atoms. The molecule has 0 bridgehead atoms. The predicted octanol–water partition coefficient (Wildman–Crippen LogP) is 3.70. The molecular weight excluding hydrogens is 328 g/mol. The van der Waals surface area contributed by atoms with Crippen molar-refractivity contribution in [1.82, 2.24) is 10.6 Å².